The van der Waals surface area contributed by atoms with Crippen molar-refractivity contribution in [2.75, 3.05) is 20.3 Å². The van der Waals surface area contributed by atoms with Gasteiger partial charge in [-0.1, -0.05) is 30.3 Å². The Morgan fingerprint density at radius 1 is 1.12 bits per heavy atom. The minimum Gasteiger partial charge on any atom is -0.385 e. The van der Waals surface area contributed by atoms with E-state index in [1.807, 2.05) is 54.2 Å². The zero-order valence-corrected chi connectivity index (χ0v) is 15.0. The zero-order valence-electron chi connectivity index (χ0n) is 15.0. The van der Waals surface area contributed by atoms with Crippen LogP contribution in [0.15, 0.2) is 55.0 Å². The summed E-state index contributed by atoms with van der Waals surface area (Å²) in [6, 6.07) is 11.7. The van der Waals surface area contributed by atoms with Gasteiger partial charge in [-0.3, -0.25) is 4.79 Å². The van der Waals surface area contributed by atoms with Crippen molar-refractivity contribution >= 4 is 5.91 Å². The van der Waals surface area contributed by atoms with Crippen LogP contribution < -0.4 is 5.32 Å². The van der Waals surface area contributed by atoms with Crippen molar-refractivity contribution in [2.45, 2.75) is 6.42 Å². The maximum atomic E-state index is 12.3. The third kappa shape index (κ3) is 4.15. The molecule has 134 valence electrons. The number of benzene rings is 1. The summed E-state index contributed by atoms with van der Waals surface area (Å²) in [7, 11) is 3.50. The summed E-state index contributed by atoms with van der Waals surface area (Å²) in [5.41, 5.74) is 3.36. The van der Waals surface area contributed by atoms with Crippen LogP contribution in [0.2, 0.25) is 0 Å². The van der Waals surface area contributed by atoms with E-state index in [2.05, 4.69) is 15.3 Å². The van der Waals surface area contributed by atoms with E-state index >= 15 is 0 Å². The number of rotatable bonds is 7. The van der Waals surface area contributed by atoms with Gasteiger partial charge in [-0.15, -0.1) is 0 Å². The summed E-state index contributed by atoms with van der Waals surface area (Å²) >= 11 is 0. The van der Waals surface area contributed by atoms with E-state index in [0.717, 1.165) is 23.1 Å². The number of aryl methyl sites for hydroxylation is 1. The maximum absolute atomic E-state index is 12.3. The number of nitrogens with one attached hydrogen (secondary N) is 1. The lowest BCUT2D eigenvalue weighted by atomic mass is 10.1. The van der Waals surface area contributed by atoms with Crippen molar-refractivity contribution in [2.24, 2.45) is 7.05 Å². The van der Waals surface area contributed by atoms with Crippen LogP contribution in [0.4, 0.5) is 0 Å². The van der Waals surface area contributed by atoms with E-state index in [4.69, 9.17) is 4.74 Å². The highest BCUT2D eigenvalue weighted by molar-refractivity contribution is 5.94. The Morgan fingerprint density at radius 3 is 2.54 bits per heavy atom. The molecule has 1 amide bonds. The minimum absolute atomic E-state index is 0.100. The number of methoxy groups -OCH3 is 1. The molecule has 26 heavy (non-hydrogen) atoms. The van der Waals surface area contributed by atoms with Crippen molar-refractivity contribution in [1.82, 2.24) is 19.9 Å². The predicted molar refractivity (Wildman–Crippen MR) is 101 cm³/mol. The van der Waals surface area contributed by atoms with Gasteiger partial charge in [0, 0.05) is 62.6 Å². The Morgan fingerprint density at radius 2 is 1.85 bits per heavy atom. The second-order valence-electron chi connectivity index (χ2n) is 5.99. The van der Waals surface area contributed by atoms with Crippen LogP contribution in [0.3, 0.4) is 0 Å². The maximum Gasteiger partial charge on any atom is 0.267 e. The van der Waals surface area contributed by atoms with Crippen molar-refractivity contribution in [3.63, 3.8) is 0 Å². The quantitative estimate of drug-likeness (QED) is 0.665. The van der Waals surface area contributed by atoms with Gasteiger partial charge in [-0.2, -0.15) is 0 Å². The van der Waals surface area contributed by atoms with E-state index in [0.29, 0.717) is 24.7 Å². The molecule has 0 bridgehead atoms. The van der Waals surface area contributed by atoms with E-state index in [9.17, 15) is 4.79 Å². The van der Waals surface area contributed by atoms with Crippen molar-refractivity contribution in [3.8, 4) is 22.5 Å². The fraction of sp³-hybridized carbons (Fsp3) is 0.250. The summed E-state index contributed by atoms with van der Waals surface area (Å²) in [4.78, 5) is 21.2. The topological polar surface area (TPSA) is 69.0 Å². The first-order chi connectivity index (χ1) is 12.7. The van der Waals surface area contributed by atoms with Gasteiger partial charge in [-0.25, -0.2) is 9.97 Å². The normalized spacial score (nSPS) is 10.7. The molecule has 0 aliphatic rings. The molecule has 0 aliphatic carbocycles. The predicted octanol–water partition coefficient (Wildman–Crippen LogP) is 2.92. The molecule has 0 saturated heterocycles. The van der Waals surface area contributed by atoms with Crippen LogP contribution in [-0.2, 0) is 11.8 Å². The first kappa shape index (κ1) is 17.8. The molecule has 6 heteroatoms. The third-order valence-electron chi connectivity index (χ3n) is 4.07. The average molecular weight is 350 g/mol. The zero-order chi connectivity index (χ0) is 18.4. The number of amides is 1. The SMILES string of the molecule is COCCCNC(=O)c1cc(-c2cnc(-c3ccccc3)nc2)cn1C. The molecular formula is C20H22N4O2. The molecule has 3 aromatic rings. The Kier molecular flexibility index (Phi) is 5.76. The smallest absolute Gasteiger partial charge is 0.267 e. The molecule has 3 rings (SSSR count). The van der Waals surface area contributed by atoms with Gasteiger partial charge in [0.25, 0.3) is 5.91 Å². The Labute approximate surface area is 152 Å². The number of hydrogen-bond acceptors (Lipinski definition) is 4. The standard InChI is InChI=1S/C20H22N4O2/c1-24-14-16(11-18(24)20(25)21-9-6-10-26-2)17-12-22-19(23-13-17)15-7-4-3-5-8-15/h3-5,7-8,11-14H,6,9-10H2,1-2H3,(H,21,25). The fourth-order valence-electron chi connectivity index (χ4n) is 2.67. The first-order valence-electron chi connectivity index (χ1n) is 8.50. The van der Waals surface area contributed by atoms with Gasteiger partial charge in [0.05, 0.1) is 0 Å². The molecule has 1 aromatic carbocycles. The van der Waals surface area contributed by atoms with Gasteiger partial charge in [0.15, 0.2) is 5.82 Å². The number of hydrogen-bond donors (Lipinski definition) is 1. The van der Waals surface area contributed by atoms with E-state index in [1.54, 1.807) is 19.5 Å². The third-order valence-corrected chi connectivity index (χ3v) is 4.07. The van der Waals surface area contributed by atoms with Crippen LogP contribution in [0.25, 0.3) is 22.5 Å². The molecular weight excluding hydrogens is 328 g/mol. The lowest BCUT2D eigenvalue weighted by Gasteiger charge is -2.05. The van der Waals surface area contributed by atoms with Crippen LogP contribution in [-0.4, -0.2) is 40.7 Å². The fourth-order valence-corrected chi connectivity index (χ4v) is 2.67. The van der Waals surface area contributed by atoms with Crippen LogP contribution in [0.1, 0.15) is 16.9 Å². The first-order valence-corrected chi connectivity index (χ1v) is 8.50. The van der Waals surface area contributed by atoms with Gasteiger partial charge in [0.1, 0.15) is 5.69 Å². The monoisotopic (exact) mass is 350 g/mol. The lowest BCUT2D eigenvalue weighted by molar-refractivity contribution is 0.0940. The molecule has 0 unspecified atom stereocenters. The summed E-state index contributed by atoms with van der Waals surface area (Å²) in [5.74, 6) is 0.582. The highest BCUT2D eigenvalue weighted by atomic mass is 16.5. The summed E-state index contributed by atoms with van der Waals surface area (Å²) in [5, 5.41) is 2.90. The van der Waals surface area contributed by atoms with Crippen LogP contribution in [0.5, 0.6) is 0 Å². The average Bonchev–Trinajstić information content (AvgIpc) is 3.08. The molecule has 0 spiro atoms. The number of ether oxygens (including phenoxy) is 1. The molecule has 0 saturated carbocycles. The Hall–Kier alpha value is -2.99. The van der Waals surface area contributed by atoms with Gasteiger partial charge in [-0.05, 0) is 12.5 Å². The highest BCUT2D eigenvalue weighted by Crippen LogP contribution is 2.22. The molecule has 6 nitrogen and oxygen atoms in total. The van der Waals surface area contributed by atoms with E-state index in [-0.39, 0.29) is 5.91 Å². The number of aromatic nitrogens is 3. The summed E-state index contributed by atoms with van der Waals surface area (Å²) in [6.07, 6.45) is 6.26. The van der Waals surface area contributed by atoms with Crippen molar-refractivity contribution in [3.05, 3.63) is 60.7 Å². The molecule has 0 aliphatic heterocycles. The molecule has 0 fully saturated rings. The molecule has 0 atom stereocenters. The number of carbonyl (C=O) groups excluding carboxylic acids is 1. The lowest BCUT2D eigenvalue weighted by Crippen LogP contribution is -2.26. The second kappa shape index (κ2) is 8.40. The van der Waals surface area contributed by atoms with Gasteiger partial charge < -0.3 is 14.6 Å². The Bertz CT molecular complexity index is 857. The van der Waals surface area contributed by atoms with E-state index in [1.165, 1.54) is 0 Å². The van der Waals surface area contributed by atoms with Crippen LogP contribution >= 0.6 is 0 Å². The second-order valence-corrected chi connectivity index (χ2v) is 5.99. The number of carbonyl (C=O) groups is 1. The largest absolute Gasteiger partial charge is 0.385 e. The number of nitrogens with zero attached hydrogens (tertiary/aromatic N) is 3. The van der Waals surface area contributed by atoms with Crippen LogP contribution in [0, 0.1) is 0 Å². The molecule has 2 aromatic heterocycles. The highest BCUT2D eigenvalue weighted by Gasteiger charge is 2.13. The molecule has 1 N–H and O–H groups in total. The summed E-state index contributed by atoms with van der Waals surface area (Å²) < 4.78 is 6.80. The minimum atomic E-state index is -0.100. The van der Waals surface area contributed by atoms with E-state index < -0.39 is 0 Å². The summed E-state index contributed by atoms with van der Waals surface area (Å²) in [6.45, 7) is 1.21. The van der Waals surface area contributed by atoms with Gasteiger partial charge in [0.2, 0.25) is 0 Å². The Balaban J connectivity index is 1.73. The van der Waals surface area contributed by atoms with Crippen molar-refractivity contribution < 1.29 is 9.53 Å². The van der Waals surface area contributed by atoms with Crippen molar-refractivity contribution in [1.29, 1.82) is 0 Å². The van der Waals surface area contributed by atoms with Gasteiger partial charge >= 0.3 is 0 Å². The molecule has 0 radical (unpaired) electrons. The molecule has 2 heterocycles.